The zero-order chi connectivity index (χ0) is 14.7. The van der Waals surface area contributed by atoms with E-state index in [1.54, 1.807) is 13.8 Å². The van der Waals surface area contributed by atoms with Gasteiger partial charge in [0.1, 0.15) is 5.82 Å². The first-order valence-electron chi connectivity index (χ1n) is 5.66. The highest BCUT2D eigenvalue weighted by Gasteiger charge is 2.31. The molecule has 106 valence electrons. The summed E-state index contributed by atoms with van der Waals surface area (Å²) < 4.78 is 37.5. The van der Waals surface area contributed by atoms with E-state index in [0.29, 0.717) is 0 Å². The number of carbonyl (C=O) groups excluding carboxylic acids is 1. The topological polar surface area (TPSA) is 54.0 Å². The molecule has 2 N–H and O–H groups in total. The van der Waals surface area contributed by atoms with Crippen LogP contribution in [0.5, 0.6) is 0 Å². The van der Waals surface area contributed by atoms with Crippen LogP contribution >= 0.6 is 0 Å². The van der Waals surface area contributed by atoms with Gasteiger partial charge in [-0.05, 0) is 26.0 Å². The first kappa shape index (κ1) is 15.3. The smallest absolute Gasteiger partial charge is 0.369 e. The van der Waals surface area contributed by atoms with Crippen molar-refractivity contribution in [1.29, 1.82) is 0 Å². The summed E-state index contributed by atoms with van der Waals surface area (Å²) in [7, 11) is 1.51. The normalized spacial score (nSPS) is 12.1. The van der Waals surface area contributed by atoms with E-state index in [2.05, 4.69) is 15.6 Å². The first-order chi connectivity index (χ1) is 8.66. The molecule has 0 saturated heterocycles. The molecular weight excluding hydrogens is 259 g/mol. The number of carbonyl (C=O) groups is 1. The van der Waals surface area contributed by atoms with Crippen LogP contribution in [0, 0.1) is 5.41 Å². The zero-order valence-electron chi connectivity index (χ0n) is 10.9. The van der Waals surface area contributed by atoms with Crippen LogP contribution in [0.1, 0.15) is 19.4 Å². The monoisotopic (exact) mass is 275 g/mol. The molecule has 0 radical (unpaired) electrons. The van der Waals surface area contributed by atoms with E-state index in [1.807, 2.05) is 0 Å². The Kier molecular flexibility index (Phi) is 4.39. The SMILES string of the molecule is CNC(=O)C(C)(C)CNc1cc(C(F)(F)F)ccn1. The van der Waals surface area contributed by atoms with Crippen LogP contribution < -0.4 is 10.6 Å². The quantitative estimate of drug-likeness (QED) is 0.886. The van der Waals surface area contributed by atoms with Gasteiger partial charge in [0.25, 0.3) is 0 Å². The van der Waals surface area contributed by atoms with E-state index in [4.69, 9.17) is 0 Å². The molecule has 19 heavy (non-hydrogen) atoms. The Bertz CT molecular complexity index is 458. The van der Waals surface area contributed by atoms with Crippen LogP contribution in [0.3, 0.4) is 0 Å². The third-order valence-electron chi connectivity index (χ3n) is 2.64. The molecule has 0 bridgehead atoms. The molecule has 1 amide bonds. The summed E-state index contributed by atoms with van der Waals surface area (Å²) in [6.45, 7) is 3.56. The fraction of sp³-hybridized carbons (Fsp3) is 0.500. The van der Waals surface area contributed by atoms with Crippen molar-refractivity contribution in [3.8, 4) is 0 Å². The number of nitrogens with zero attached hydrogens (tertiary/aromatic N) is 1. The second-order valence-electron chi connectivity index (χ2n) is 4.74. The summed E-state index contributed by atoms with van der Waals surface area (Å²) >= 11 is 0. The van der Waals surface area contributed by atoms with Crippen molar-refractivity contribution in [3.05, 3.63) is 23.9 Å². The maximum atomic E-state index is 12.5. The third-order valence-corrected chi connectivity index (χ3v) is 2.64. The Morgan fingerprint density at radius 2 is 2.00 bits per heavy atom. The Morgan fingerprint density at radius 3 is 2.53 bits per heavy atom. The predicted molar refractivity (Wildman–Crippen MR) is 65.6 cm³/mol. The van der Waals surface area contributed by atoms with Crippen LogP contribution in [-0.4, -0.2) is 24.5 Å². The van der Waals surface area contributed by atoms with Crippen molar-refractivity contribution < 1.29 is 18.0 Å². The highest BCUT2D eigenvalue weighted by molar-refractivity contribution is 5.82. The number of pyridine rings is 1. The minimum atomic E-state index is -4.41. The van der Waals surface area contributed by atoms with Crippen LogP contribution in [0.25, 0.3) is 0 Å². The largest absolute Gasteiger partial charge is 0.416 e. The number of nitrogens with one attached hydrogen (secondary N) is 2. The van der Waals surface area contributed by atoms with Crippen molar-refractivity contribution in [2.24, 2.45) is 5.41 Å². The summed E-state index contributed by atoms with van der Waals surface area (Å²) in [4.78, 5) is 15.3. The van der Waals surface area contributed by atoms with Gasteiger partial charge in [0.05, 0.1) is 11.0 Å². The summed E-state index contributed by atoms with van der Waals surface area (Å²) in [6.07, 6.45) is -3.33. The lowest BCUT2D eigenvalue weighted by molar-refractivity contribution is -0.137. The minimum absolute atomic E-state index is 0.0896. The van der Waals surface area contributed by atoms with Gasteiger partial charge in [0, 0.05) is 19.8 Å². The molecule has 4 nitrogen and oxygen atoms in total. The number of hydrogen-bond donors (Lipinski definition) is 2. The fourth-order valence-electron chi connectivity index (χ4n) is 1.43. The van der Waals surface area contributed by atoms with Gasteiger partial charge >= 0.3 is 6.18 Å². The lowest BCUT2D eigenvalue weighted by atomic mass is 9.92. The molecule has 0 unspecified atom stereocenters. The Morgan fingerprint density at radius 1 is 1.37 bits per heavy atom. The fourth-order valence-corrected chi connectivity index (χ4v) is 1.43. The van der Waals surface area contributed by atoms with Crippen LogP contribution in [0.15, 0.2) is 18.3 Å². The Balaban J connectivity index is 2.77. The molecule has 7 heteroatoms. The Labute approximate surface area is 109 Å². The zero-order valence-corrected chi connectivity index (χ0v) is 10.9. The molecule has 1 aromatic rings. The number of rotatable bonds is 4. The number of alkyl halides is 3. The molecule has 0 atom stereocenters. The summed E-state index contributed by atoms with van der Waals surface area (Å²) in [5, 5.41) is 5.24. The number of hydrogen-bond acceptors (Lipinski definition) is 3. The molecule has 0 aromatic carbocycles. The van der Waals surface area contributed by atoms with E-state index in [9.17, 15) is 18.0 Å². The van der Waals surface area contributed by atoms with E-state index in [1.165, 1.54) is 7.05 Å². The lowest BCUT2D eigenvalue weighted by Crippen LogP contribution is -2.39. The number of anilines is 1. The van der Waals surface area contributed by atoms with Gasteiger partial charge < -0.3 is 10.6 Å². The Hall–Kier alpha value is -1.79. The molecule has 0 aliphatic carbocycles. The van der Waals surface area contributed by atoms with Crippen molar-refractivity contribution >= 4 is 11.7 Å². The highest BCUT2D eigenvalue weighted by Crippen LogP contribution is 2.30. The van der Waals surface area contributed by atoms with Crippen LogP contribution in [0.2, 0.25) is 0 Å². The lowest BCUT2D eigenvalue weighted by Gasteiger charge is -2.23. The number of amides is 1. The van der Waals surface area contributed by atoms with E-state index >= 15 is 0 Å². The molecule has 1 heterocycles. The molecule has 0 spiro atoms. The molecule has 0 saturated carbocycles. The molecule has 0 fully saturated rings. The third kappa shape index (κ3) is 4.11. The van der Waals surface area contributed by atoms with Crippen molar-refractivity contribution in [2.75, 3.05) is 18.9 Å². The van der Waals surface area contributed by atoms with E-state index in [-0.39, 0.29) is 18.3 Å². The van der Waals surface area contributed by atoms with Crippen LogP contribution in [0.4, 0.5) is 19.0 Å². The summed E-state index contributed by atoms with van der Waals surface area (Å²) in [5.74, 6) is -0.112. The molecule has 1 aromatic heterocycles. The number of halogens is 3. The average Bonchev–Trinajstić information content (AvgIpc) is 2.35. The summed E-state index contributed by atoms with van der Waals surface area (Å²) in [5.41, 5.74) is -1.52. The van der Waals surface area contributed by atoms with Gasteiger partial charge in [-0.3, -0.25) is 4.79 Å². The molecule has 1 rings (SSSR count). The number of aromatic nitrogens is 1. The second kappa shape index (κ2) is 5.46. The van der Waals surface area contributed by atoms with Gasteiger partial charge in [0.2, 0.25) is 5.91 Å². The molecular formula is C12H16F3N3O. The maximum absolute atomic E-state index is 12.5. The van der Waals surface area contributed by atoms with E-state index in [0.717, 1.165) is 18.3 Å². The maximum Gasteiger partial charge on any atom is 0.416 e. The molecule has 0 aliphatic rings. The van der Waals surface area contributed by atoms with Crippen molar-refractivity contribution in [1.82, 2.24) is 10.3 Å². The first-order valence-corrected chi connectivity index (χ1v) is 5.66. The highest BCUT2D eigenvalue weighted by atomic mass is 19.4. The van der Waals surface area contributed by atoms with Crippen molar-refractivity contribution in [3.63, 3.8) is 0 Å². The van der Waals surface area contributed by atoms with E-state index < -0.39 is 17.2 Å². The standard InChI is InChI=1S/C12H16F3N3O/c1-11(2,10(19)16-3)7-18-9-6-8(4-5-17-9)12(13,14)15/h4-6H,7H2,1-3H3,(H,16,19)(H,17,18). The van der Waals surface area contributed by atoms with Gasteiger partial charge in [-0.1, -0.05) is 0 Å². The van der Waals surface area contributed by atoms with Gasteiger partial charge in [0.15, 0.2) is 0 Å². The predicted octanol–water partition coefficient (Wildman–Crippen LogP) is 2.28. The van der Waals surface area contributed by atoms with Crippen molar-refractivity contribution in [2.45, 2.75) is 20.0 Å². The summed E-state index contributed by atoms with van der Waals surface area (Å²) in [6, 6.07) is 1.81. The second-order valence-corrected chi connectivity index (χ2v) is 4.74. The van der Waals surface area contributed by atoms with Gasteiger partial charge in [-0.15, -0.1) is 0 Å². The van der Waals surface area contributed by atoms with Crippen LogP contribution in [-0.2, 0) is 11.0 Å². The average molecular weight is 275 g/mol. The molecule has 0 aliphatic heterocycles. The minimum Gasteiger partial charge on any atom is -0.369 e. The van der Waals surface area contributed by atoms with Gasteiger partial charge in [-0.25, -0.2) is 4.98 Å². The van der Waals surface area contributed by atoms with Gasteiger partial charge in [-0.2, -0.15) is 13.2 Å².